The van der Waals surface area contributed by atoms with Gasteiger partial charge in [-0.25, -0.2) is 14.4 Å². The summed E-state index contributed by atoms with van der Waals surface area (Å²) in [6.45, 7) is 18.4. The minimum atomic E-state index is -2.13. The Morgan fingerprint density at radius 3 is 1.71 bits per heavy atom. The van der Waals surface area contributed by atoms with Crippen LogP contribution in [0.2, 0.25) is 0 Å². The van der Waals surface area contributed by atoms with E-state index >= 15 is 0 Å². The molecule has 8 aliphatic rings. The number of hydrogen-bond acceptors (Lipinski definition) is 22. The van der Waals surface area contributed by atoms with Crippen LogP contribution in [0.5, 0.6) is 0 Å². The molecule has 4 saturated carbocycles. The van der Waals surface area contributed by atoms with Crippen molar-refractivity contribution in [3.8, 4) is 0 Å². The van der Waals surface area contributed by atoms with Gasteiger partial charge in [0.25, 0.3) is 0 Å². The van der Waals surface area contributed by atoms with Gasteiger partial charge in [0.15, 0.2) is 31.1 Å². The Hall–Kier alpha value is -3.05. The Kier molecular flexibility index (Phi) is 17.9. The zero-order chi connectivity index (χ0) is 59.3. The molecule has 5 aliphatic carbocycles. The fourth-order valence-electron chi connectivity index (χ4n) is 16.2. The highest BCUT2D eigenvalue weighted by molar-refractivity contribution is 5.89. The lowest BCUT2D eigenvalue weighted by atomic mass is 9.32. The summed E-state index contributed by atoms with van der Waals surface area (Å²) >= 11 is 0. The molecule has 0 spiro atoms. The van der Waals surface area contributed by atoms with Crippen molar-refractivity contribution in [3.63, 3.8) is 0 Å². The Morgan fingerprint density at radius 2 is 1.18 bits per heavy atom. The molecule has 12 N–H and O–H groups in total. The minimum Gasteiger partial charge on any atom is -0.479 e. The van der Waals surface area contributed by atoms with E-state index in [2.05, 4.69) is 19.9 Å². The first-order valence-electron chi connectivity index (χ1n) is 28.1. The van der Waals surface area contributed by atoms with Gasteiger partial charge in [-0.05, 0) is 100 Å². The van der Waals surface area contributed by atoms with Gasteiger partial charge < -0.3 is 99.2 Å². The lowest BCUT2D eigenvalue weighted by molar-refractivity contribution is -0.386. The van der Waals surface area contributed by atoms with Gasteiger partial charge in [-0.3, -0.25) is 0 Å². The molecule has 0 unspecified atom stereocenters. The van der Waals surface area contributed by atoms with Crippen LogP contribution in [-0.2, 0) is 52.3 Å². The van der Waals surface area contributed by atoms with Crippen LogP contribution in [0.4, 0.5) is 0 Å². The molecule has 0 bridgehead atoms. The van der Waals surface area contributed by atoms with Crippen molar-refractivity contribution in [1.29, 1.82) is 0 Å². The van der Waals surface area contributed by atoms with Crippen molar-refractivity contribution in [2.24, 2.45) is 50.2 Å². The molecule has 0 amide bonds. The van der Waals surface area contributed by atoms with Crippen molar-refractivity contribution in [2.75, 3.05) is 19.8 Å². The Labute approximate surface area is 466 Å². The normalized spacial score (nSPS) is 49.0. The van der Waals surface area contributed by atoms with Gasteiger partial charge in [0.1, 0.15) is 67.1 Å². The van der Waals surface area contributed by atoms with Crippen molar-refractivity contribution < 1.29 is 114 Å². The predicted molar refractivity (Wildman–Crippen MR) is 277 cm³/mol. The van der Waals surface area contributed by atoms with E-state index in [0.29, 0.717) is 37.7 Å². The van der Waals surface area contributed by atoms with E-state index in [0.717, 1.165) is 5.57 Å². The van der Waals surface area contributed by atoms with Gasteiger partial charge >= 0.3 is 17.9 Å². The zero-order valence-corrected chi connectivity index (χ0v) is 47.7. The van der Waals surface area contributed by atoms with E-state index < -0.39 is 193 Å². The van der Waals surface area contributed by atoms with Crippen molar-refractivity contribution in [2.45, 2.75) is 231 Å². The maximum Gasteiger partial charge on any atom is 0.335 e. The quantitative estimate of drug-likeness (QED) is 0.0480. The molecule has 26 atom stereocenters. The number of hydrogen-bond donors (Lipinski definition) is 12. The maximum absolute atomic E-state index is 13.9. The number of ether oxygens (including phenoxy) is 8. The molecular weight excluding hydrogens is 1050 g/mol. The van der Waals surface area contributed by atoms with Crippen LogP contribution >= 0.6 is 0 Å². The second-order valence-corrected chi connectivity index (χ2v) is 26.0. The topological polar surface area (TPSA) is 368 Å². The van der Waals surface area contributed by atoms with Crippen LogP contribution < -0.4 is 0 Å². The molecule has 0 aromatic rings. The summed E-state index contributed by atoms with van der Waals surface area (Å²) in [4.78, 5) is 40.3. The maximum atomic E-state index is 13.9. The SMILES string of the molecule is C/C=C(/C)C(=O)O[C@H]1[C@H](OC(=O)/C(C)=C/C)[C@]2(CO)[C@H](O)[C@H](O)[C@]3(C)C(=CC[C@@H]4[C@@]5(C)CC[C@H](O[C@@H]6O[C@H](C(=O)O)[C@@H](O)[C@H](O[C@@H]7O[C@@H](CO)[C@H](O)[C@H]7O)[C@H]6O[C@@H]6O[C@H](CO)[C@H](O)[C@H](O)[C@H]6O)C(C)(C)[C@@H]5CC[C@]43C)[C@@H]2CC1(C)C. The first kappa shape index (κ1) is 63.0. The van der Waals surface area contributed by atoms with Crippen molar-refractivity contribution >= 4 is 17.9 Å². The van der Waals surface area contributed by atoms with Crippen LogP contribution in [0.25, 0.3) is 0 Å². The Morgan fingerprint density at radius 1 is 0.637 bits per heavy atom. The van der Waals surface area contributed by atoms with Gasteiger partial charge in [-0.15, -0.1) is 0 Å². The number of allylic oxidation sites excluding steroid dienone is 3. The third-order valence-corrected chi connectivity index (χ3v) is 21.4. The average Bonchev–Trinajstić information content (AvgIpc) is 3.81. The molecule has 23 heteroatoms. The summed E-state index contributed by atoms with van der Waals surface area (Å²) in [6, 6.07) is 0. The largest absolute Gasteiger partial charge is 0.479 e. The predicted octanol–water partition coefficient (Wildman–Crippen LogP) is 0.263. The van der Waals surface area contributed by atoms with E-state index in [4.69, 9.17) is 37.9 Å². The number of aliphatic carboxylic acids is 1. The summed E-state index contributed by atoms with van der Waals surface area (Å²) in [6.07, 6.45) is -24.0. The molecule has 7 fully saturated rings. The van der Waals surface area contributed by atoms with Crippen LogP contribution in [0, 0.1) is 50.2 Å². The summed E-state index contributed by atoms with van der Waals surface area (Å²) < 4.78 is 49.0. The van der Waals surface area contributed by atoms with Crippen LogP contribution in [-0.4, -0.2) is 216 Å². The highest BCUT2D eigenvalue weighted by atomic mass is 16.8. The lowest BCUT2D eigenvalue weighted by Gasteiger charge is -2.73. The second kappa shape index (κ2) is 22.7. The van der Waals surface area contributed by atoms with E-state index in [1.54, 1.807) is 39.8 Å². The molecule has 80 heavy (non-hydrogen) atoms. The molecule has 8 rings (SSSR count). The smallest absolute Gasteiger partial charge is 0.335 e. The van der Waals surface area contributed by atoms with E-state index in [1.807, 2.05) is 34.6 Å². The zero-order valence-electron chi connectivity index (χ0n) is 47.7. The molecule has 0 aromatic carbocycles. The van der Waals surface area contributed by atoms with E-state index in [1.165, 1.54) is 0 Å². The number of aliphatic hydroxyl groups is 11. The number of aliphatic hydroxyl groups excluding tert-OH is 11. The first-order chi connectivity index (χ1) is 37.3. The first-order valence-corrected chi connectivity index (χ1v) is 28.1. The monoisotopic (exact) mass is 1140 g/mol. The average molecular weight is 1140 g/mol. The number of carbonyl (C=O) groups is 3. The number of rotatable bonds is 14. The molecule has 0 radical (unpaired) electrons. The van der Waals surface area contributed by atoms with Gasteiger partial charge in [-0.2, -0.15) is 0 Å². The summed E-state index contributed by atoms with van der Waals surface area (Å²) in [5, 5.41) is 134. The number of fused-ring (bicyclic) bond motifs is 7. The van der Waals surface area contributed by atoms with E-state index in [9.17, 15) is 75.7 Å². The summed E-state index contributed by atoms with van der Waals surface area (Å²) in [5.74, 6) is -4.01. The molecule has 0 aromatic heterocycles. The van der Waals surface area contributed by atoms with Gasteiger partial charge in [0, 0.05) is 22.0 Å². The molecule has 3 heterocycles. The van der Waals surface area contributed by atoms with Crippen LogP contribution in [0.3, 0.4) is 0 Å². The van der Waals surface area contributed by atoms with Crippen LogP contribution in [0.1, 0.15) is 115 Å². The number of carbonyl (C=O) groups excluding carboxylic acids is 2. The summed E-state index contributed by atoms with van der Waals surface area (Å²) in [5.41, 5.74) is -4.40. The Bertz CT molecular complexity index is 2390. The fraction of sp³-hybridized carbons (Fsp3) is 0.842. The van der Waals surface area contributed by atoms with Crippen molar-refractivity contribution in [1.82, 2.24) is 0 Å². The standard InChI is InChI=1S/C57H88O23/c1-12-24(3)47(71)79-44-45(80-48(72)25(4)13-2)57(23-60)27(20-52(44,5)6)26-14-15-31-54(9)18-17-32(53(7,8)30(54)16-19-55(31,10)56(26,11)42(67)43(57)68)75-51-41(78-50-37(65)35(63)33(61)28(21-58)73-50)39(38(66)40(77-51)46(69)70)76-49-36(64)34(62)29(22-59)74-49/h12-14,27-45,49-51,58-68H,15-23H2,1-11H3,(H,69,70)/b24-12-,25-13+/t27-,28+,29-,30-,31+,32-,33-,34-,35-,36+,37+,38-,39-,40-,41+,42-,43+,44-,45-,49-,50-,51+,54-,55+,56-,57-/m0/s1. The molecule has 3 saturated heterocycles. The minimum absolute atomic E-state index is 0.153. The Balaban J connectivity index is 1.14. The van der Waals surface area contributed by atoms with Crippen molar-refractivity contribution in [3.05, 3.63) is 34.9 Å². The van der Waals surface area contributed by atoms with Gasteiger partial charge in [0.2, 0.25) is 0 Å². The molecular formula is C57H88O23. The number of esters is 2. The van der Waals surface area contributed by atoms with Gasteiger partial charge in [0.05, 0.1) is 43.5 Å². The van der Waals surface area contributed by atoms with Crippen LogP contribution in [0.15, 0.2) is 34.9 Å². The third-order valence-electron chi connectivity index (χ3n) is 21.4. The lowest BCUT2D eigenvalue weighted by Crippen LogP contribution is -2.76. The molecule has 3 aliphatic heterocycles. The fourth-order valence-corrected chi connectivity index (χ4v) is 16.2. The van der Waals surface area contributed by atoms with Gasteiger partial charge in [-0.1, -0.05) is 72.3 Å². The summed E-state index contributed by atoms with van der Waals surface area (Å²) in [7, 11) is 0. The second-order valence-electron chi connectivity index (χ2n) is 26.0. The van der Waals surface area contributed by atoms with E-state index in [-0.39, 0.29) is 23.8 Å². The molecule has 454 valence electrons. The number of carboxylic acid groups (broad SMARTS) is 1. The molecule has 23 nitrogen and oxygen atoms in total. The number of carboxylic acids is 1. The highest BCUT2D eigenvalue weighted by Crippen LogP contribution is 2.76. The highest BCUT2D eigenvalue weighted by Gasteiger charge is 2.76. The third kappa shape index (κ3) is 9.76.